The molecule has 1 aromatic carbocycles. The van der Waals surface area contributed by atoms with Gasteiger partial charge in [0.25, 0.3) is 5.91 Å². The quantitative estimate of drug-likeness (QED) is 0.771. The van der Waals surface area contributed by atoms with Crippen LogP contribution in [0.25, 0.3) is 0 Å². The lowest BCUT2D eigenvalue weighted by Gasteiger charge is -2.43. The van der Waals surface area contributed by atoms with Crippen molar-refractivity contribution in [3.8, 4) is 5.75 Å². The van der Waals surface area contributed by atoms with Crippen LogP contribution < -0.4 is 4.74 Å². The topological polar surface area (TPSA) is 68.3 Å². The molecular weight excluding hydrogens is 372 g/mol. The Hall–Kier alpha value is -2.12. The second-order valence-electron chi connectivity index (χ2n) is 8.12. The van der Waals surface area contributed by atoms with Crippen molar-refractivity contribution in [3.05, 3.63) is 30.3 Å². The molecule has 2 amide bonds. The second-order valence-corrected chi connectivity index (χ2v) is 8.12. The summed E-state index contributed by atoms with van der Waals surface area (Å²) in [5, 5.41) is 0. The first-order valence-corrected chi connectivity index (χ1v) is 10.7. The van der Waals surface area contributed by atoms with E-state index in [1.807, 2.05) is 35.2 Å². The van der Waals surface area contributed by atoms with Gasteiger partial charge in [-0.2, -0.15) is 0 Å². The van der Waals surface area contributed by atoms with E-state index in [0.717, 1.165) is 32.1 Å². The molecule has 2 saturated heterocycles. The molecule has 29 heavy (non-hydrogen) atoms. The molecule has 158 valence electrons. The minimum atomic E-state index is -0.939. The van der Waals surface area contributed by atoms with Crippen LogP contribution in [0.2, 0.25) is 0 Å². The maximum Gasteiger partial charge on any atom is 0.260 e. The Bertz CT molecular complexity index is 706. The van der Waals surface area contributed by atoms with Gasteiger partial charge >= 0.3 is 0 Å². The first-order chi connectivity index (χ1) is 14.2. The van der Waals surface area contributed by atoms with Crippen LogP contribution in [0.3, 0.4) is 0 Å². The lowest BCUT2D eigenvalue weighted by atomic mass is 10.1. The fraction of sp³-hybridized carbons (Fsp3) is 0.636. The summed E-state index contributed by atoms with van der Waals surface area (Å²) in [6.07, 6.45) is 4.95. The highest BCUT2D eigenvalue weighted by Gasteiger charge is 2.44. The molecule has 1 aliphatic carbocycles. The largest absolute Gasteiger partial charge is 0.484 e. The van der Waals surface area contributed by atoms with E-state index in [0.29, 0.717) is 45.1 Å². The number of rotatable bonds is 4. The Labute approximate surface area is 171 Å². The number of carbonyl (C=O) groups is 2. The zero-order chi connectivity index (χ0) is 20.1. The summed E-state index contributed by atoms with van der Waals surface area (Å²) in [5.74, 6) is -0.0208. The highest BCUT2D eigenvalue weighted by molar-refractivity contribution is 5.79. The molecule has 3 aliphatic rings. The molecule has 0 bridgehead atoms. The van der Waals surface area contributed by atoms with Gasteiger partial charge in [-0.05, 0) is 31.4 Å². The summed E-state index contributed by atoms with van der Waals surface area (Å²) in [5.41, 5.74) is 0. The van der Waals surface area contributed by atoms with Crippen LogP contribution >= 0.6 is 0 Å². The summed E-state index contributed by atoms with van der Waals surface area (Å²) < 4.78 is 17.7. The smallest absolute Gasteiger partial charge is 0.260 e. The monoisotopic (exact) mass is 402 g/mol. The van der Waals surface area contributed by atoms with Crippen molar-refractivity contribution in [2.45, 2.75) is 37.9 Å². The van der Waals surface area contributed by atoms with Crippen molar-refractivity contribution < 1.29 is 23.8 Å². The van der Waals surface area contributed by atoms with Crippen molar-refractivity contribution in [2.75, 3.05) is 46.0 Å². The molecule has 7 heteroatoms. The van der Waals surface area contributed by atoms with Crippen LogP contribution in [0, 0.1) is 5.92 Å². The lowest BCUT2D eigenvalue weighted by Crippen LogP contribution is -2.60. The van der Waals surface area contributed by atoms with E-state index in [9.17, 15) is 9.59 Å². The summed E-state index contributed by atoms with van der Waals surface area (Å²) in [6.45, 7) is 2.80. The van der Waals surface area contributed by atoms with Gasteiger partial charge in [0.2, 0.25) is 11.7 Å². The number of nitrogens with zero attached hydrogens (tertiary/aromatic N) is 2. The third kappa shape index (κ3) is 4.90. The summed E-state index contributed by atoms with van der Waals surface area (Å²) >= 11 is 0. The molecular formula is C22H30N2O5. The number of morpholine rings is 1. The van der Waals surface area contributed by atoms with E-state index >= 15 is 0 Å². The fourth-order valence-corrected chi connectivity index (χ4v) is 4.45. The number of hydrogen-bond donors (Lipinski definition) is 0. The van der Waals surface area contributed by atoms with Gasteiger partial charge in [-0.25, -0.2) is 0 Å². The Morgan fingerprint density at radius 2 is 1.69 bits per heavy atom. The first-order valence-electron chi connectivity index (χ1n) is 10.7. The van der Waals surface area contributed by atoms with Gasteiger partial charge in [0, 0.05) is 19.0 Å². The molecule has 2 aliphatic heterocycles. The summed E-state index contributed by atoms with van der Waals surface area (Å²) in [7, 11) is 0. The molecule has 1 atom stereocenters. The lowest BCUT2D eigenvalue weighted by molar-refractivity contribution is -0.264. The molecule has 3 fully saturated rings. The number of ether oxygens (including phenoxy) is 3. The van der Waals surface area contributed by atoms with Crippen molar-refractivity contribution in [1.82, 2.24) is 9.80 Å². The van der Waals surface area contributed by atoms with Crippen molar-refractivity contribution in [1.29, 1.82) is 0 Å². The summed E-state index contributed by atoms with van der Waals surface area (Å²) in [6, 6.07) is 9.32. The number of benzene rings is 1. The van der Waals surface area contributed by atoms with Crippen LogP contribution in [-0.4, -0.2) is 73.4 Å². The molecule has 0 aromatic heterocycles. The van der Waals surface area contributed by atoms with Gasteiger partial charge < -0.3 is 24.0 Å². The standard InChI is InChI=1S/C22H30N2O5/c25-20(15-27-19-9-2-1-3-10-19)23-11-6-13-28-22(16-23)17-24(12-14-29-22)21(26)18-7-4-5-8-18/h1-3,9-10,18H,4-8,11-17H2. The van der Waals surface area contributed by atoms with Gasteiger partial charge in [0.15, 0.2) is 6.61 Å². The van der Waals surface area contributed by atoms with E-state index < -0.39 is 5.79 Å². The first kappa shape index (κ1) is 20.2. The van der Waals surface area contributed by atoms with Gasteiger partial charge in [-0.3, -0.25) is 9.59 Å². The van der Waals surface area contributed by atoms with Crippen molar-refractivity contribution >= 4 is 11.8 Å². The maximum absolute atomic E-state index is 12.9. The zero-order valence-corrected chi connectivity index (χ0v) is 16.9. The molecule has 1 saturated carbocycles. The van der Waals surface area contributed by atoms with Crippen LogP contribution in [0.4, 0.5) is 0 Å². The number of carbonyl (C=O) groups excluding carboxylic acids is 2. The van der Waals surface area contributed by atoms with Crippen LogP contribution in [-0.2, 0) is 19.1 Å². The molecule has 4 rings (SSSR count). The average molecular weight is 402 g/mol. The van der Waals surface area contributed by atoms with Gasteiger partial charge in [0.05, 0.1) is 26.3 Å². The molecule has 1 unspecified atom stereocenters. The molecule has 1 spiro atoms. The number of hydrogen-bond acceptors (Lipinski definition) is 5. The fourth-order valence-electron chi connectivity index (χ4n) is 4.45. The van der Waals surface area contributed by atoms with E-state index in [-0.39, 0.29) is 24.3 Å². The highest BCUT2D eigenvalue weighted by Crippen LogP contribution is 2.30. The Morgan fingerprint density at radius 1 is 0.966 bits per heavy atom. The minimum absolute atomic E-state index is 0.0230. The van der Waals surface area contributed by atoms with Gasteiger partial charge in [-0.15, -0.1) is 0 Å². The minimum Gasteiger partial charge on any atom is -0.484 e. The molecule has 0 radical (unpaired) electrons. The van der Waals surface area contributed by atoms with Crippen LogP contribution in [0.15, 0.2) is 30.3 Å². The zero-order valence-electron chi connectivity index (χ0n) is 16.9. The Morgan fingerprint density at radius 3 is 2.48 bits per heavy atom. The maximum atomic E-state index is 12.9. The molecule has 1 aromatic rings. The third-order valence-corrected chi connectivity index (χ3v) is 6.00. The summed E-state index contributed by atoms with van der Waals surface area (Å²) in [4.78, 5) is 29.3. The average Bonchev–Trinajstić information content (AvgIpc) is 3.22. The van der Waals surface area contributed by atoms with Gasteiger partial charge in [-0.1, -0.05) is 31.0 Å². The van der Waals surface area contributed by atoms with Gasteiger partial charge in [0.1, 0.15) is 5.75 Å². The van der Waals surface area contributed by atoms with E-state index in [4.69, 9.17) is 14.2 Å². The van der Waals surface area contributed by atoms with Crippen molar-refractivity contribution in [2.24, 2.45) is 5.92 Å². The predicted octanol–water partition coefficient (Wildman–Crippen LogP) is 2.06. The van der Waals surface area contributed by atoms with E-state index in [2.05, 4.69) is 0 Å². The molecule has 2 heterocycles. The number of para-hydroxylation sites is 1. The van der Waals surface area contributed by atoms with Crippen molar-refractivity contribution in [3.63, 3.8) is 0 Å². The Balaban J connectivity index is 1.38. The third-order valence-electron chi connectivity index (χ3n) is 6.00. The SMILES string of the molecule is O=C(COc1ccccc1)N1CCCOC2(C1)CN(C(=O)C1CCCC1)CCO2. The van der Waals surface area contributed by atoms with Crippen LogP contribution in [0.5, 0.6) is 5.75 Å². The van der Waals surface area contributed by atoms with Crippen LogP contribution in [0.1, 0.15) is 32.1 Å². The molecule has 0 N–H and O–H groups in total. The molecule has 7 nitrogen and oxygen atoms in total. The highest BCUT2D eigenvalue weighted by atomic mass is 16.7. The predicted molar refractivity (Wildman–Crippen MR) is 106 cm³/mol. The second kappa shape index (κ2) is 9.13. The Kier molecular flexibility index (Phi) is 6.35. The van der Waals surface area contributed by atoms with E-state index in [1.165, 1.54) is 0 Å². The normalized spacial score (nSPS) is 25.8. The number of amides is 2. The van der Waals surface area contributed by atoms with E-state index in [1.54, 1.807) is 4.90 Å².